The van der Waals surface area contributed by atoms with Crippen molar-refractivity contribution in [1.82, 2.24) is 0 Å². The first-order valence-electron chi connectivity index (χ1n) is 5.49. The second-order valence-corrected chi connectivity index (χ2v) is 4.40. The molecule has 1 fully saturated rings. The summed E-state index contributed by atoms with van der Waals surface area (Å²) in [6.07, 6.45) is 6.07. The summed E-state index contributed by atoms with van der Waals surface area (Å²) in [5.74, 6) is -0.117. The molecule has 2 heteroatoms. The normalized spacial score (nSPS) is 22.1. The largest absolute Gasteiger partial charge is 0.481 e. The summed E-state index contributed by atoms with van der Waals surface area (Å²) in [6.45, 7) is 4.29. The van der Waals surface area contributed by atoms with E-state index in [0.717, 1.165) is 6.42 Å². The molecule has 1 aliphatic rings. The van der Waals surface area contributed by atoms with Gasteiger partial charge in [-0.25, -0.2) is 0 Å². The number of allylic oxidation sites excluding steroid dienone is 2. The lowest BCUT2D eigenvalue weighted by molar-refractivity contribution is -0.137. The molecule has 0 radical (unpaired) electrons. The fraction of sp³-hybridized carbons (Fsp3) is 0.750. The Morgan fingerprint density at radius 3 is 2.71 bits per heavy atom. The van der Waals surface area contributed by atoms with E-state index in [1.807, 2.05) is 0 Å². The highest BCUT2D eigenvalue weighted by molar-refractivity contribution is 5.66. The smallest absolute Gasteiger partial charge is 0.303 e. The van der Waals surface area contributed by atoms with Crippen LogP contribution in [0.25, 0.3) is 0 Å². The summed E-state index contributed by atoms with van der Waals surface area (Å²) < 4.78 is 0. The quantitative estimate of drug-likeness (QED) is 0.702. The summed E-state index contributed by atoms with van der Waals surface area (Å²) in [4.78, 5) is 10.5. The first-order chi connectivity index (χ1) is 6.61. The summed E-state index contributed by atoms with van der Waals surface area (Å²) in [5, 5.41) is 8.65. The van der Waals surface area contributed by atoms with Gasteiger partial charge in [0.2, 0.25) is 0 Å². The molecule has 0 aromatic heterocycles. The van der Waals surface area contributed by atoms with Gasteiger partial charge in [0, 0.05) is 6.42 Å². The van der Waals surface area contributed by atoms with E-state index in [0.29, 0.717) is 12.3 Å². The molecule has 0 spiro atoms. The minimum atomic E-state index is -0.663. The number of aliphatic carboxylic acids is 1. The number of rotatable bonds is 3. The van der Waals surface area contributed by atoms with Gasteiger partial charge in [0.1, 0.15) is 0 Å². The Bertz CT molecular complexity index is 237. The first-order valence-corrected chi connectivity index (χ1v) is 5.49. The number of carbonyl (C=O) groups is 1. The molecule has 1 unspecified atom stereocenters. The van der Waals surface area contributed by atoms with Crippen LogP contribution in [0.4, 0.5) is 0 Å². The second-order valence-electron chi connectivity index (χ2n) is 4.40. The molecule has 1 rings (SSSR count). The third-order valence-corrected chi connectivity index (χ3v) is 3.09. The highest BCUT2D eigenvalue weighted by Crippen LogP contribution is 2.34. The van der Waals surface area contributed by atoms with E-state index in [4.69, 9.17) is 5.11 Å². The van der Waals surface area contributed by atoms with Crippen molar-refractivity contribution in [2.24, 2.45) is 5.92 Å². The predicted molar refractivity (Wildman–Crippen MR) is 57.2 cm³/mol. The van der Waals surface area contributed by atoms with E-state index in [9.17, 15) is 4.79 Å². The van der Waals surface area contributed by atoms with Crippen molar-refractivity contribution >= 4 is 5.97 Å². The van der Waals surface area contributed by atoms with Crippen molar-refractivity contribution in [3.63, 3.8) is 0 Å². The van der Waals surface area contributed by atoms with Gasteiger partial charge in [0.05, 0.1) is 0 Å². The maximum atomic E-state index is 10.5. The van der Waals surface area contributed by atoms with Crippen LogP contribution in [0.15, 0.2) is 11.1 Å². The van der Waals surface area contributed by atoms with Crippen molar-refractivity contribution in [3.8, 4) is 0 Å². The molecule has 1 saturated carbocycles. The third-order valence-electron chi connectivity index (χ3n) is 3.09. The monoisotopic (exact) mass is 196 g/mol. The maximum Gasteiger partial charge on any atom is 0.303 e. The van der Waals surface area contributed by atoms with Gasteiger partial charge in [-0.2, -0.15) is 0 Å². The van der Waals surface area contributed by atoms with Gasteiger partial charge in [-0.3, -0.25) is 4.79 Å². The van der Waals surface area contributed by atoms with Crippen molar-refractivity contribution < 1.29 is 9.90 Å². The summed E-state index contributed by atoms with van der Waals surface area (Å²) in [5.41, 5.74) is 2.93. The van der Waals surface area contributed by atoms with Crippen LogP contribution in [-0.2, 0) is 4.79 Å². The van der Waals surface area contributed by atoms with Crippen LogP contribution in [0, 0.1) is 5.92 Å². The van der Waals surface area contributed by atoms with E-state index >= 15 is 0 Å². The lowest BCUT2D eigenvalue weighted by Gasteiger charge is -2.26. The van der Waals surface area contributed by atoms with Crippen LogP contribution < -0.4 is 0 Å². The van der Waals surface area contributed by atoms with Gasteiger partial charge in [0.25, 0.3) is 0 Å². The van der Waals surface area contributed by atoms with Gasteiger partial charge in [0.15, 0.2) is 0 Å². The molecule has 0 aliphatic heterocycles. The van der Waals surface area contributed by atoms with E-state index in [-0.39, 0.29) is 0 Å². The average Bonchev–Trinajstić information content (AvgIpc) is 2.15. The third kappa shape index (κ3) is 3.17. The molecule has 14 heavy (non-hydrogen) atoms. The van der Waals surface area contributed by atoms with E-state index < -0.39 is 5.97 Å². The molecule has 1 atom stereocenters. The molecule has 1 aliphatic carbocycles. The van der Waals surface area contributed by atoms with E-state index in [1.165, 1.54) is 36.8 Å². The number of carboxylic acids is 1. The molecule has 1 N–H and O–H groups in total. The maximum absolute atomic E-state index is 10.5. The van der Waals surface area contributed by atoms with Gasteiger partial charge < -0.3 is 5.11 Å². The lowest BCUT2D eigenvalue weighted by Crippen LogP contribution is -2.13. The molecule has 80 valence electrons. The van der Waals surface area contributed by atoms with Crippen LogP contribution in [0.2, 0.25) is 0 Å². The number of hydrogen-bond acceptors (Lipinski definition) is 1. The summed E-state index contributed by atoms with van der Waals surface area (Å²) >= 11 is 0. The Balaban J connectivity index is 2.55. The lowest BCUT2D eigenvalue weighted by atomic mass is 9.79. The SMILES string of the molecule is CC(C)=C1CCCCC1CCC(=O)O. The zero-order valence-corrected chi connectivity index (χ0v) is 9.18. The highest BCUT2D eigenvalue weighted by atomic mass is 16.4. The van der Waals surface area contributed by atoms with Crippen LogP contribution >= 0.6 is 0 Å². The number of carboxylic acid groups (broad SMARTS) is 1. The van der Waals surface area contributed by atoms with E-state index in [1.54, 1.807) is 0 Å². The highest BCUT2D eigenvalue weighted by Gasteiger charge is 2.20. The molecular formula is C12H20O2. The Labute approximate surface area is 86.0 Å². The minimum absolute atomic E-state index is 0.321. The fourth-order valence-corrected chi connectivity index (χ4v) is 2.36. The molecule has 0 aromatic rings. The molecule has 0 heterocycles. The number of hydrogen-bond donors (Lipinski definition) is 1. The molecule has 0 amide bonds. The van der Waals surface area contributed by atoms with E-state index in [2.05, 4.69) is 13.8 Å². The van der Waals surface area contributed by atoms with Crippen LogP contribution in [-0.4, -0.2) is 11.1 Å². The van der Waals surface area contributed by atoms with Gasteiger partial charge in [-0.1, -0.05) is 17.6 Å². The minimum Gasteiger partial charge on any atom is -0.481 e. The Kier molecular flexibility index (Phi) is 4.18. The van der Waals surface area contributed by atoms with Gasteiger partial charge in [-0.05, 0) is 45.4 Å². The molecule has 0 bridgehead atoms. The molecule has 0 saturated heterocycles. The van der Waals surface area contributed by atoms with Crippen LogP contribution in [0.1, 0.15) is 52.4 Å². The topological polar surface area (TPSA) is 37.3 Å². The molecule has 0 aromatic carbocycles. The fourth-order valence-electron chi connectivity index (χ4n) is 2.36. The Hall–Kier alpha value is -0.790. The Morgan fingerprint density at radius 1 is 1.43 bits per heavy atom. The van der Waals surface area contributed by atoms with Crippen molar-refractivity contribution in [3.05, 3.63) is 11.1 Å². The molecule has 2 nitrogen and oxygen atoms in total. The zero-order chi connectivity index (χ0) is 10.6. The standard InChI is InChI=1S/C12H20O2/c1-9(2)11-6-4-3-5-10(11)7-8-12(13)14/h10H,3-8H2,1-2H3,(H,13,14). The second kappa shape index (κ2) is 5.18. The van der Waals surface area contributed by atoms with Crippen molar-refractivity contribution in [2.45, 2.75) is 52.4 Å². The first kappa shape index (κ1) is 11.3. The van der Waals surface area contributed by atoms with Crippen LogP contribution in [0.3, 0.4) is 0 Å². The van der Waals surface area contributed by atoms with Crippen molar-refractivity contribution in [1.29, 1.82) is 0 Å². The zero-order valence-electron chi connectivity index (χ0n) is 9.18. The molecular weight excluding hydrogens is 176 g/mol. The Morgan fingerprint density at radius 2 is 2.14 bits per heavy atom. The predicted octanol–water partition coefficient (Wildman–Crippen LogP) is 3.38. The van der Waals surface area contributed by atoms with Gasteiger partial charge in [-0.15, -0.1) is 0 Å². The summed E-state index contributed by atoms with van der Waals surface area (Å²) in [7, 11) is 0. The van der Waals surface area contributed by atoms with Crippen LogP contribution in [0.5, 0.6) is 0 Å². The van der Waals surface area contributed by atoms with Crippen molar-refractivity contribution in [2.75, 3.05) is 0 Å². The summed E-state index contributed by atoms with van der Waals surface area (Å²) in [6, 6.07) is 0. The van der Waals surface area contributed by atoms with Gasteiger partial charge >= 0.3 is 5.97 Å². The average molecular weight is 196 g/mol.